The monoisotopic (exact) mass is 642 g/mol. The fourth-order valence-electron chi connectivity index (χ4n) is 9.34. The maximum absolute atomic E-state index is 6.03. The van der Waals surface area contributed by atoms with E-state index in [-0.39, 0.29) is 0 Å². The van der Waals surface area contributed by atoms with Crippen molar-refractivity contribution >= 4 is 11.1 Å². The van der Waals surface area contributed by atoms with Crippen molar-refractivity contribution in [3.05, 3.63) is 155 Å². The molecule has 49 heavy (non-hydrogen) atoms. The fourth-order valence-corrected chi connectivity index (χ4v) is 9.34. The minimum Gasteiger partial charge on any atom is -0.115 e. The molecule has 2 saturated carbocycles. The van der Waals surface area contributed by atoms with Gasteiger partial charge in [0.25, 0.3) is 0 Å². The number of hydrogen-bond donors (Lipinski definition) is 0. The predicted octanol–water partition coefficient (Wildman–Crippen LogP) is 12.7. The summed E-state index contributed by atoms with van der Waals surface area (Å²) in [7, 11) is 0. The topological polar surface area (TPSA) is 0 Å². The molecule has 3 aromatic rings. The van der Waals surface area contributed by atoms with E-state index in [2.05, 4.69) is 122 Å². The average molecular weight is 643 g/mol. The maximum atomic E-state index is 6.03. The van der Waals surface area contributed by atoms with Gasteiger partial charge >= 0.3 is 0 Å². The normalized spacial score (nSPS) is 24.3. The minimum atomic E-state index is 0.408. The molecule has 0 heteroatoms. The highest BCUT2D eigenvalue weighted by Crippen LogP contribution is 2.44. The van der Waals surface area contributed by atoms with Crippen molar-refractivity contribution < 1.29 is 0 Å². The van der Waals surface area contributed by atoms with Crippen molar-refractivity contribution in [3.8, 4) is 12.3 Å². The average Bonchev–Trinajstić information content (AvgIpc) is 3.83. The van der Waals surface area contributed by atoms with E-state index in [0.29, 0.717) is 29.6 Å². The third kappa shape index (κ3) is 8.05. The molecule has 0 nitrogen and oxygen atoms in total. The number of allylic oxidation sites excluding steroid dienone is 9. The van der Waals surface area contributed by atoms with Crippen LogP contribution in [0.2, 0.25) is 0 Å². The Labute approximate surface area is 296 Å². The van der Waals surface area contributed by atoms with Crippen LogP contribution in [-0.2, 0) is 12.8 Å². The van der Waals surface area contributed by atoms with E-state index in [9.17, 15) is 0 Å². The van der Waals surface area contributed by atoms with Gasteiger partial charge in [0, 0.05) is 11.5 Å². The molecule has 3 atom stereocenters. The van der Waals surface area contributed by atoms with Crippen LogP contribution >= 0.6 is 0 Å². The van der Waals surface area contributed by atoms with Gasteiger partial charge in [-0.15, -0.1) is 6.42 Å². The summed E-state index contributed by atoms with van der Waals surface area (Å²) in [6.45, 7) is 7.02. The van der Waals surface area contributed by atoms with Gasteiger partial charge in [-0.05, 0) is 138 Å². The standard InChI is InChI=1S/C49H54/c1-4-40-22-20-39(33-48(40)47-30-29-46(34-47)41-13-9-6-10-14-41)32-38-18-23-43(24-19-38)49(36(3)16-17-37-11-7-5-8-12-37)44-27-25-42(26-28-44)45-21-15-35(2)31-45/h1,5,7-8,11-12,15,20-22,25-31,33-35,38,41,43,46,49H,3,6,9-10,13-14,16-19,23-24,32H2,2H3. The molecule has 4 aliphatic rings. The quantitative estimate of drug-likeness (QED) is 0.144. The van der Waals surface area contributed by atoms with Gasteiger partial charge in [0.15, 0.2) is 0 Å². The number of hydrogen-bond acceptors (Lipinski definition) is 0. The van der Waals surface area contributed by atoms with Crippen LogP contribution in [0.4, 0.5) is 0 Å². The lowest BCUT2D eigenvalue weighted by Crippen LogP contribution is -2.23. The number of terminal acetylenes is 1. The predicted molar refractivity (Wildman–Crippen MR) is 210 cm³/mol. The molecule has 0 aromatic heterocycles. The second kappa shape index (κ2) is 15.6. The van der Waals surface area contributed by atoms with Gasteiger partial charge in [-0.1, -0.05) is 141 Å². The molecule has 0 spiro atoms. The third-order valence-corrected chi connectivity index (χ3v) is 12.1. The highest BCUT2D eigenvalue weighted by Gasteiger charge is 2.31. The maximum Gasteiger partial charge on any atom is 0.0321 e. The molecule has 0 saturated heterocycles. The second-order valence-corrected chi connectivity index (χ2v) is 15.5. The van der Waals surface area contributed by atoms with Crippen LogP contribution in [0, 0.1) is 41.9 Å². The van der Waals surface area contributed by atoms with E-state index in [4.69, 9.17) is 13.0 Å². The summed E-state index contributed by atoms with van der Waals surface area (Å²) in [5, 5.41) is 0. The summed E-state index contributed by atoms with van der Waals surface area (Å²) in [4.78, 5) is 0. The molecule has 0 heterocycles. The molecular formula is C49H54. The van der Waals surface area contributed by atoms with Crippen LogP contribution in [0.25, 0.3) is 11.1 Å². The highest BCUT2D eigenvalue weighted by molar-refractivity contribution is 5.81. The fraction of sp³-hybridized carbons (Fsp3) is 0.388. The molecule has 0 aliphatic heterocycles. The summed E-state index contributed by atoms with van der Waals surface area (Å²) >= 11 is 0. The van der Waals surface area contributed by atoms with Gasteiger partial charge in [0.1, 0.15) is 0 Å². The Hall–Kier alpha value is -4.08. The zero-order chi connectivity index (χ0) is 33.6. The molecule has 0 amide bonds. The molecule has 0 radical (unpaired) electrons. The van der Waals surface area contributed by atoms with Gasteiger partial charge in [-0.3, -0.25) is 0 Å². The summed E-state index contributed by atoms with van der Waals surface area (Å²) in [6, 6.07) is 27.3. The lowest BCUT2D eigenvalue weighted by molar-refractivity contribution is 0.252. The molecule has 250 valence electrons. The Bertz CT molecular complexity index is 1750. The first-order chi connectivity index (χ1) is 24.0. The zero-order valence-corrected chi connectivity index (χ0v) is 29.6. The van der Waals surface area contributed by atoms with Crippen LogP contribution in [0.3, 0.4) is 0 Å². The Balaban J connectivity index is 1.03. The van der Waals surface area contributed by atoms with E-state index in [1.807, 2.05) is 0 Å². The van der Waals surface area contributed by atoms with Gasteiger partial charge < -0.3 is 0 Å². The Morgan fingerprint density at radius 3 is 2.27 bits per heavy atom. The van der Waals surface area contributed by atoms with E-state index < -0.39 is 0 Å². The summed E-state index contributed by atoms with van der Waals surface area (Å²) in [5.74, 6) is 6.66. The first kappa shape index (κ1) is 33.4. The van der Waals surface area contributed by atoms with E-state index in [1.54, 1.807) is 0 Å². The third-order valence-electron chi connectivity index (χ3n) is 12.1. The smallest absolute Gasteiger partial charge is 0.0321 e. The van der Waals surface area contributed by atoms with Crippen LogP contribution in [0.5, 0.6) is 0 Å². The first-order valence-corrected chi connectivity index (χ1v) is 19.3. The summed E-state index contributed by atoms with van der Waals surface area (Å²) in [6.07, 6.45) is 35.5. The molecule has 3 aromatic carbocycles. The van der Waals surface area contributed by atoms with Gasteiger partial charge in [0.2, 0.25) is 0 Å². The molecule has 7 rings (SSSR count). The SMILES string of the molecule is C#Cc1ccc(CC2CCC(C(C(=C)CCc3ccccc3)c3ccc(C4=CC(C)C=C4)cc3)CC2)cc1C1=CC(C2CCCCC2)C=C1. The van der Waals surface area contributed by atoms with Gasteiger partial charge in [0.05, 0.1) is 0 Å². The van der Waals surface area contributed by atoms with E-state index >= 15 is 0 Å². The van der Waals surface area contributed by atoms with Crippen molar-refractivity contribution in [1.29, 1.82) is 0 Å². The second-order valence-electron chi connectivity index (χ2n) is 15.5. The van der Waals surface area contributed by atoms with Gasteiger partial charge in [-0.2, -0.15) is 0 Å². The van der Waals surface area contributed by atoms with Crippen molar-refractivity contribution in [2.45, 2.75) is 89.9 Å². The number of aryl methyl sites for hydroxylation is 1. The van der Waals surface area contributed by atoms with E-state index in [0.717, 1.165) is 30.7 Å². The Morgan fingerprint density at radius 2 is 1.55 bits per heavy atom. The van der Waals surface area contributed by atoms with Crippen molar-refractivity contribution in [2.24, 2.45) is 29.6 Å². The van der Waals surface area contributed by atoms with Crippen LogP contribution < -0.4 is 0 Å². The first-order valence-electron chi connectivity index (χ1n) is 19.3. The lowest BCUT2D eigenvalue weighted by Gasteiger charge is -2.36. The van der Waals surface area contributed by atoms with E-state index in [1.165, 1.54) is 102 Å². The summed E-state index contributed by atoms with van der Waals surface area (Å²) in [5.41, 5.74) is 12.0. The van der Waals surface area contributed by atoms with Crippen molar-refractivity contribution in [1.82, 2.24) is 0 Å². The largest absolute Gasteiger partial charge is 0.115 e. The summed E-state index contributed by atoms with van der Waals surface area (Å²) < 4.78 is 0. The van der Waals surface area contributed by atoms with Crippen LogP contribution in [0.1, 0.15) is 110 Å². The van der Waals surface area contributed by atoms with Crippen LogP contribution in [0.15, 0.2) is 121 Å². The number of rotatable bonds is 11. The minimum absolute atomic E-state index is 0.408. The van der Waals surface area contributed by atoms with Gasteiger partial charge in [-0.25, -0.2) is 0 Å². The highest BCUT2D eigenvalue weighted by atomic mass is 14.4. The molecular weight excluding hydrogens is 589 g/mol. The Morgan fingerprint density at radius 1 is 0.796 bits per heavy atom. The molecule has 2 fully saturated rings. The Kier molecular flexibility index (Phi) is 10.7. The molecule has 4 aliphatic carbocycles. The van der Waals surface area contributed by atoms with Crippen molar-refractivity contribution in [2.75, 3.05) is 0 Å². The van der Waals surface area contributed by atoms with Crippen molar-refractivity contribution in [3.63, 3.8) is 0 Å². The van der Waals surface area contributed by atoms with Crippen LogP contribution in [-0.4, -0.2) is 0 Å². The lowest BCUT2D eigenvalue weighted by atomic mass is 9.69. The molecule has 3 unspecified atom stereocenters. The molecule has 0 N–H and O–H groups in total. The number of benzene rings is 3. The molecule has 0 bridgehead atoms. The zero-order valence-electron chi connectivity index (χ0n) is 29.6.